The largest absolute Gasteiger partial charge is 0.396 e. The molecule has 0 radical (unpaired) electrons. The van der Waals surface area contributed by atoms with E-state index in [-0.39, 0.29) is 23.1 Å². The maximum atomic E-state index is 11.3. The predicted molar refractivity (Wildman–Crippen MR) is 73.5 cm³/mol. The van der Waals surface area contributed by atoms with Gasteiger partial charge in [0.05, 0.1) is 4.92 Å². The Kier molecular flexibility index (Phi) is 5.29. The van der Waals surface area contributed by atoms with Crippen LogP contribution in [-0.4, -0.2) is 39.5 Å². The molecule has 0 spiro atoms. The van der Waals surface area contributed by atoms with Gasteiger partial charge in [-0.05, 0) is 13.3 Å². The van der Waals surface area contributed by atoms with Gasteiger partial charge in [0.2, 0.25) is 5.82 Å². The monoisotopic (exact) mass is 270 g/mol. The molecule has 0 aromatic carbocycles. The SMILES string of the molecule is CCN(CCCO)c1c([N+](=O)[O-])c(C(C)C)nn1C. The number of aliphatic hydroxyl groups excluding tert-OH is 1. The molecule has 0 unspecified atom stereocenters. The van der Waals surface area contributed by atoms with Crippen LogP contribution in [-0.2, 0) is 7.05 Å². The van der Waals surface area contributed by atoms with Crippen LogP contribution >= 0.6 is 0 Å². The van der Waals surface area contributed by atoms with Gasteiger partial charge in [0.15, 0.2) is 0 Å². The predicted octanol–water partition coefficient (Wildman–Crippen LogP) is 1.66. The summed E-state index contributed by atoms with van der Waals surface area (Å²) >= 11 is 0. The van der Waals surface area contributed by atoms with Crippen LogP contribution in [0.5, 0.6) is 0 Å². The number of aliphatic hydroxyl groups is 1. The molecule has 1 N–H and O–H groups in total. The zero-order valence-corrected chi connectivity index (χ0v) is 12.0. The van der Waals surface area contributed by atoms with Gasteiger partial charge in [0, 0.05) is 32.7 Å². The molecule has 19 heavy (non-hydrogen) atoms. The lowest BCUT2D eigenvalue weighted by atomic mass is 10.1. The number of nitro groups is 1. The number of hydrogen-bond acceptors (Lipinski definition) is 5. The van der Waals surface area contributed by atoms with Crippen LogP contribution in [0.3, 0.4) is 0 Å². The van der Waals surface area contributed by atoms with Crippen molar-refractivity contribution < 1.29 is 10.0 Å². The van der Waals surface area contributed by atoms with Gasteiger partial charge in [-0.25, -0.2) is 4.68 Å². The normalized spacial score (nSPS) is 11.1. The van der Waals surface area contributed by atoms with Crippen molar-refractivity contribution in [2.24, 2.45) is 7.05 Å². The van der Waals surface area contributed by atoms with E-state index in [1.807, 2.05) is 25.7 Å². The van der Waals surface area contributed by atoms with Crippen LogP contribution in [0.2, 0.25) is 0 Å². The van der Waals surface area contributed by atoms with Crippen molar-refractivity contribution in [1.82, 2.24) is 9.78 Å². The van der Waals surface area contributed by atoms with Gasteiger partial charge < -0.3 is 10.0 Å². The minimum Gasteiger partial charge on any atom is -0.396 e. The van der Waals surface area contributed by atoms with E-state index in [1.54, 1.807) is 11.7 Å². The molecular weight excluding hydrogens is 248 g/mol. The topological polar surface area (TPSA) is 84.4 Å². The Morgan fingerprint density at radius 2 is 2.16 bits per heavy atom. The molecule has 0 aliphatic heterocycles. The van der Waals surface area contributed by atoms with E-state index in [2.05, 4.69) is 5.10 Å². The summed E-state index contributed by atoms with van der Waals surface area (Å²) < 4.78 is 1.56. The zero-order valence-electron chi connectivity index (χ0n) is 12.0. The van der Waals surface area contributed by atoms with E-state index in [1.165, 1.54) is 0 Å². The number of hydrogen-bond donors (Lipinski definition) is 1. The molecule has 0 fully saturated rings. The van der Waals surface area contributed by atoms with Crippen LogP contribution < -0.4 is 4.90 Å². The van der Waals surface area contributed by atoms with Crippen LogP contribution in [0.25, 0.3) is 0 Å². The number of aromatic nitrogens is 2. The average Bonchev–Trinajstić information content (AvgIpc) is 2.69. The van der Waals surface area contributed by atoms with Crippen molar-refractivity contribution >= 4 is 11.5 Å². The molecule has 0 aliphatic carbocycles. The van der Waals surface area contributed by atoms with Crippen molar-refractivity contribution in [2.75, 3.05) is 24.6 Å². The molecule has 0 saturated heterocycles. The summed E-state index contributed by atoms with van der Waals surface area (Å²) in [6, 6.07) is 0. The van der Waals surface area contributed by atoms with E-state index in [0.717, 1.165) is 0 Å². The average molecular weight is 270 g/mol. The summed E-state index contributed by atoms with van der Waals surface area (Å²) in [5.74, 6) is 0.515. The fourth-order valence-corrected chi connectivity index (χ4v) is 2.12. The van der Waals surface area contributed by atoms with E-state index >= 15 is 0 Å². The second-order valence-corrected chi connectivity index (χ2v) is 4.75. The Morgan fingerprint density at radius 1 is 1.53 bits per heavy atom. The summed E-state index contributed by atoms with van der Waals surface area (Å²) in [7, 11) is 1.72. The Balaban J connectivity index is 3.27. The molecule has 108 valence electrons. The summed E-state index contributed by atoms with van der Waals surface area (Å²) in [5, 5.41) is 24.5. The third kappa shape index (κ3) is 3.23. The minimum atomic E-state index is -0.362. The summed E-state index contributed by atoms with van der Waals surface area (Å²) in [5.41, 5.74) is 0.585. The molecule has 1 aromatic heterocycles. The van der Waals surface area contributed by atoms with E-state index in [4.69, 9.17) is 5.11 Å². The minimum absolute atomic E-state index is 0.00287. The molecule has 0 bridgehead atoms. The molecule has 0 amide bonds. The fourth-order valence-electron chi connectivity index (χ4n) is 2.12. The highest BCUT2D eigenvalue weighted by atomic mass is 16.6. The summed E-state index contributed by atoms with van der Waals surface area (Å²) in [6.07, 6.45) is 0.577. The van der Waals surface area contributed by atoms with Crippen LogP contribution in [0.15, 0.2) is 0 Å². The highest BCUT2D eigenvalue weighted by Gasteiger charge is 2.31. The van der Waals surface area contributed by atoms with Crippen molar-refractivity contribution in [2.45, 2.75) is 33.1 Å². The van der Waals surface area contributed by atoms with Crippen molar-refractivity contribution in [3.63, 3.8) is 0 Å². The Labute approximate surface area is 113 Å². The quantitative estimate of drug-likeness (QED) is 0.601. The molecule has 7 nitrogen and oxygen atoms in total. The summed E-state index contributed by atoms with van der Waals surface area (Å²) in [6.45, 7) is 7.00. The summed E-state index contributed by atoms with van der Waals surface area (Å²) in [4.78, 5) is 12.9. The Bertz CT molecular complexity index is 442. The van der Waals surface area contributed by atoms with Crippen molar-refractivity contribution in [3.05, 3.63) is 15.8 Å². The van der Waals surface area contributed by atoms with Gasteiger partial charge in [0.25, 0.3) is 0 Å². The first-order chi connectivity index (χ1) is 8.93. The molecular formula is C12H22N4O3. The number of aryl methyl sites for hydroxylation is 1. The van der Waals surface area contributed by atoms with Gasteiger partial charge in [0.1, 0.15) is 5.69 Å². The lowest BCUT2D eigenvalue weighted by Crippen LogP contribution is -2.27. The van der Waals surface area contributed by atoms with Crippen LogP contribution in [0, 0.1) is 10.1 Å². The molecule has 1 heterocycles. The second kappa shape index (κ2) is 6.51. The van der Waals surface area contributed by atoms with Crippen molar-refractivity contribution in [1.29, 1.82) is 0 Å². The van der Waals surface area contributed by atoms with Crippen LogP contribution in [0.1, 0.15) is 38.8 Å². The van der Waals surface area contributed by atoms with Crippen molar-refractivity contribution in [3.8, 4) is 0 Å². The van der Waals surface area contributed by atoms with Crippen LogP contribution in [0.4, 0.5) is 11.5 Å². The first kappa shape index (κ1) is 15.4. The van der Waals surface area contributed by atoms with Gasteiger partial charge in [-0.3, -0.25) is 10.1 Å². The third-order valence-electron chi connectivity index (χ3n) is 3.02. The lowest BCUT2D eigenvalue weighted by Gasteiger charge is -2.21. The van der Waals surface area contributed by atoms with Gasteiger partial charge in [-0.2, -0.15) is 5.10 Å². The molecule has 1 rings (SSSR count). The molecule has 1 aromatic rings. The number of rotatable bonds is 7. The highest BCUT2D eigenvalue weighted by molar-refractivity contribution is 5.62. The first-order valence-corrected chi connectivity index (χ1v) is 6.51. The molecule has 0 atom stereocenters. The zero-order chi connectivity index (χ0) is 14.6. The van der Waals surface area contributed by atoms with Gasteiger partial charge >= 0.3 is 5.69 Å². The standard InChI is InChI=1S/C12H22N4O3/c1-5-15(7-6-8-17)12-11(16(18)19)10(9(2)3)13-14(12)4/h9,17H,5-8H2,1-4H3. The van der Waals surface area contributed by atoms with E-state index in [9.17, 15) is 10.1 Å². The Morgan fingerprint density at radius 3 is 2.58 bits per heavy atom. The Hall–Kier alpha value is -1.63. The van der Waals surface area contributed by atoms with Gasteiger partial charge in [-0.15, -0.1) is 0 Å². The number of anilines is 1. The number of nitrogens with zero attached hydrogens (tertiary/aromatic N) is 4. The fraction of sp³-hybridized carbons (Fsp3) is 0.750. The molecule has 7 heteroatoms. The third-order valence-corrected chi connectivity index (χ3v) is 3.02. The highest BCUT2D eigenvalue weighted by Crippen LogP contribution is 2.35. The smallest absolute Gasteiger partial charge is 0.334 e. The van der Waals surface area contributed by atoms with E-state index in [0.29, 0.717) is 31.0 Å². The maximum Gasteiger partial charge on any atom is 0.334 e. The molecule has 0 saturated carbocycles. The van der Waals surface area contributed by atoms with E-state index < -0.39 is 0 Å². The van der Waals surface area contributed by atoms with Gasteiger partial charge in [-0.1, -0.05) is 13.8 Å². The first-order valence-electron chi connectivity index (χ1n) is 6.51. The molecule has 0 aliphatic rings. The lowest BCUT2D eigenvalue weighted by molar-refractivity contribution is -0.385. The maximum absolute atomic E-state index is 11.3. The second-order valence-electron chi connectivity index (χ2n) is 4.75.